The fourth-order valence-electron chi connectivity index (χ4n) is 3.78. The molecule has 0 aromatic heterocycles. The molecule has 1 N–H and O–H groups in total. The molecule has 0 aliphatic carbocycles. The highest BCUT2D eigenvalue weighted by Crippen LogP contribution is 2.34. The third kappa shape index (κ3) is 6.21. The van der Waals surface area contributed by atoms with Crippen molar-refractivity contribution in [2.24, 2.45) is 4.99 Å². The number of aliphatic imine (C=N–C) groups is 1. The summed E-state index contributed by atoms with van der Waals surface area (Å²) in [4.78, 5) is 9.66. The number of hydrogen-bond acceptors (Lipinski definition) is 4. The summed E-state index contributed by atoms with van der Waals surface area (Å²) in [6.45, 7) is 7.92. The Morgan fingerprint density at radius 2 is 2.18 bits per heavy atom. The van der Waals surface area contributed by atoms with Crippen LogP contribution in [-0.2, 0) is 11.3 Å². The predicted octanol–water partition coefficient (Wildman–Crippen LogP) is 3.05. The van der Waals surface area contributed by atoms with Crippen molar-refractivity contribution in [3.05, 3.63) is 35.6 Å². The molecular formula is C20H32FIN4OS. The summed E-state index contributed by atoms with van der Waals surface area (Å²) in [5.41, 5.74) is 1.08. The van der Waals surface area contributed by atoms with Gasteiger partial charge in [-0.3, -0.25) is 9.89 Å². The molecule has 5 nitrogen and oxygen atoms in total. The Hall–Kier alpha value is -0.580. The number of guanidine groups is 1. The number of rotatable bonds is 6. The first-order valence-electron chi connectivity index (χ1n) is 9.77. The molecule has 1 aromatic rings. The maximum atomic E-state index is 13.5. The van der Waals surface area contributed by atoms with Gasteiger partial charge in [-0.05, 0) is 36.8 Å². The summed E-state index contributed by atoms with van der Waals surface area (Å²) in [5.74, 6) is 3.01. The molecule has 8 heteroatoms. The lowest BCUT2D eigenvalue weighted by Crippen LogP contribution is -2.56. The van der Waals surface area contributed by atoms with Crippen molar-refractivity contribution in [3.8, 4) is 0 Å². The second kappa shape index (κ2) is 11.6. The first-order valence-corrected chi connectivity index (χ1v) is 10.9. The van der Waals surface area contributed by atoms with Crippen LogP contribution in [0.2, 0.25) is 0 Å². The molecule has 28 heavy (non-hydrogen) atoms. The first kappa shape index (κ1) is 23.7. The highest BCUT2D eigenvalue weighted by molar-refractivity contribution is 14.0. The van der Waals surface area contributed by atoms with E-state index in [1.807, 2.05) is 24.9 Å². The summed E-state index contributed by atoms with van der Waals surface area (Å²) in [6, 6.07) is 6.77. The van der Waals surface area contributed by atoms with Gasteiger partial charge in [0.1, 0.15) is 5.82 Å². The summed E-state index contributed by atoms with van der Waals surface area (Å²) >= 11 is 2.02. The molecule has 2 aliphatic rings. The Morgan fingerprint density at radius 1 is 1.39 bits per heavy atom. The first-order chi connectivity index (χ1) is 13.1. The van der Waals surface area contributed by atoms with Gasteiger partial charge in [0.05, 0.1) is 25.3 Å². The van der Waals surface area contributed by atoms with E-state index in [9.17, 15) is 4.39 Å². The fourth-order valence-corrected chi connectivity index (χ4v) is 5.25. The zero-order valence-corrected chi connectivity index (χ0v) is 20.0. The van der Waals surface area contributed by atoms with E-state index >= 15 is 0 Å². The van der Waals surface area contributed by atoms with Crippen LogP contribution in [0.5, 0.6) is 0 Å². The summed E-state index contributed by atoms with van der Waals surface area (Å²) < 4.78 is 19.0. The lowest BCUT2D eigenvalue weighted by molar-refractivity contribution is -0.0105. The van der Waals surface area contributed by atoms with Gasteiger partial charge in [0, 0.05) is 39.0 Å². The number of benzene rings is 1. The van der Waals surface area contributed by atoms with Crippen molar-refractivity contribution in [2.45, 2.75) is 25.4 Å². The number of thioether (sulfide) groups is 1. The molecule has 158 valence electrons. The van der Waals surface area contributed by atoms with E-state index in [0.717, 1.165) is 56.7 Å². The van der Waals surface area contributed by atoms with Gasteiger partial charge in [-0.1, -0.05) is 12.1 Å². The van der Waals surface area contributed by atoms with E-state index in [-0.39, 0.29) is 35.3 Å². The molecule has 0 radical (unpaired) electrons. The lowest BCUT2D eigenvalue weighted by Gasteiger charge is -2.42. The topological polar surface area (TPSA) is 40.1 Å². The summed E-state index contributed by atoms with van der Waals surface area (Å²) in [6.07, 6.45) is 1.17. The normalized spacial score (nSPS) is 23.3. The molecule has 2 aliphatic heterocycles. The third-order valence-corrected chi connectivity index (χ3v) is 6.53. The second-order valence-electron chi connectivity index (χ2n) is 7.28. The number of ether oxygens (including phenoxy) is 1. The molecule has 1 atom stereocenters. The van der Waals surface area contributed by atoms with E-state index < -0.39 is 0 Å². The van der Waals surface area contributed by atoms with E-state index in [1.165, 1.54) is 18.2 Å². The number of halogens is 2. The molecule has 0 amide bonds. The fraction of sp³-hybridized carbons (Fsp3) is 0.650. The Balaban J connectivity index is 0.00000280. The van der Waals surface area contributed by atoms with Crippen molar-refractivity contribution in [3.63, 3.8) is 0 Å². The molecule has 0 saturated carbocycles. The second-order valence-corrected chi connectivity index (χ2v) is 8.39. The average molecular weight is 522 g/mol. The van der Waals surface area contributed by atoms with Gasteiger partial charge < -0.3 is 15.0 Å². The van der Waals surface area contributed by atoms with Crippen molar-refractivity contribution in [1.29, 1.82) is 0 Å². The minimum Gasteiger partial charge on any atom is -0.379 e. The molecule has 2 fully saturated rings. The molecular weight excluding hydrogens is 490 g/mol. The van der Waals surface area contributed by atoms with E-state index in [4.69, 9.17) is 9.73 Å². The zero-order chi connectivity index (χ0) is 19.1. The van der Waals surface area contributed by atoms with Crippen LogP contribution < -0.4 is 5.32 Å². The average Bonchev–Trinajstić information content (AvgIpc) is 3.16. The Kier molecular flexibility index (Phi) is 9.79. The minimum absolute atomic E-state index is 0. The predicted molar refractivity (Wildman–Crippen MR) is 126 cm³/mol. The highest BCUT2D eigenvalue weighted by Gasteiger charge is 2.40. The number of nitrogens with one attached hydrogen (secondary N) is 1. The SMILES string of the molecule is CCNC(=NCC1(N2CCOCC2)CCSC1)N(C)Cc1cccc(F)c1.I. The molecule has 3 rings (SSSR count). The van der Waals surface area contributed by atoms with Crippen molar-refractivity contribution >= 4 is 41.7 Å². The number of morpholine rings is 1. The van der Waals surface area contributed by atoms with Gasteiger partial charge in [-0.25, -0.2) is 4.39 Å². The highest BCUT2D eigenvalue weighted by atomic mass is 127. The van der Waals surface area contributed by atoms with Crippen LogP contribution in [0.1, 0.15) is 18.9 Å². The van der Waals surface area contributed by atoms with Gasteiger partial charge in [0.15, 0.2) is 5.96 Å². The van der Waals surface area contributed by atoms with Crippen molar-refractivity contribution in [1.82, 2.24) is 15.1 Å². The van der Waals surface area contributed by atoms with Crippen LogP contribution in [-0.4, -0.2) is 79.2 Å². The zero-order valence-electron chi connectivity index (χ0n) is 16.8. The molecule has 1 unspecified atom stereocenters. The van der Waals surface area contributed by atoms with Crippen LogP contribution in [0.15, 0.2) is 29.3 Å². The molecule has 0 bridgehead atoms. The van der Waals surface area contributed by atoms with Gasteiger partial charge in [0.25, 0.3) is 0 Å². The van der Waals surface area contributed by atoms with Crippen molar-refractivity contribution < 1.29 is 9.13 Å². The molecule has 0 spiro atoms. The van der Waals surface area contributed by atoms with E-state index in [1.54, 1.807) is 12.1 Å². The van der Waals surface area contributed by atoms with Crippen molar-refractivity contribution in [2.75, 3.05) is 57.9 Å². The van der Waals surface area contributed by atoms with Crippen LogP contribution in [0, 0.1) is 5.82 Å². The third-order valence-electron chi connectivity index (χ3n) is 5.29. The van der Waals surface area contributed by atoms with Gasteiger partial charge in [-0.2, -0.15) is 11.8 Å². The number of hydrogen-bond donors (Lipinski definition) is 1. The van der Waals surface area contributed by atoms with Crippen LogP contribution in [0.3, 0.4) is 0 Å². The van der Waals surface area contributed by atoms with Crippen LogP contribution in [0.25, 0.3) is 0 Å². The van der Waals surface area contributed by atoms with Crippen LogP contribution in [0.4, 0.5) is 4.39 Å². The maximum Gasteiger partial charge on any atom is 0.194 e. The standard InChI is InChI=1S/C20H31FN4OS.HI/c1-3-22-19(24(2)14-17-5-4-6-18(21)13-17)23-15-20(7-12-27-16-20)25-8-10-26-11-9-25;/h4-6,13H,3,7-12,14-16H2,1-2H3,(H,22,23);1H. The summed E-state index contributed by atoms with van der Waals surface area (Å²) in [5, 5.41) is 3.39. The largest absolute Gasteiger partial charge is 0.379 e. The summed E-state index contributed by atoms with van der Waals surface area (Å²) in [7, 11) is 2.01. The quantitative estimate of drug-likeness (QED) is 0.354. The van der Waals surface area contributed by atoms with E-state index in [2.05, 4.69) is 22.0 Å². The molecule has 1 aromatic carbocycles. The maximum absolute atomic E-state index is 13.5. The van der Waals surface area contributed by atoms with Crippen LogP contribution >= 0.6 is 35.7 Å². The lowest BCUT2D eigenvalue weighted by atomic mass is 9.96. The van der Waals surface area contributed by atoms with E-state index in [0.29, 0.717) is 6.54 Å². The van der Waals surface area contributed by atoms with Gasteiger partial charge in [-0.15, -0.1) is 24.0 Å². The Labute approximate surface area is 189 Å². The Bertz CT molecular complexity index is 636. The smallest absolute Gasteiger partial charge is 0.194 e. The molecule has 2 saturated heterocycles. The minimum atomic E-state index is -0.197. The monoisotopic (exact) mass is 522 g/mol. The number of nitrogens with zero attached hydrogens (tertiary/aromatic N) is 3. The molecule has 2 heterocycles. The van der Waals surface area contributed by atoms with Gasteiger partial charge >= 0.3 is 0 Å². The Morgan fingerprint density at radius 3 is 2.82 bits per heavy atom. The van der Waals surface area contributed by atoms with Gasteiger partial charge in [0.2, 0.25) is 0 Å².